The molecule has 1 N–H and O–H groups in total. The van der Waals surface area contributed by atoms with Crippen LogP contribution in [0.25, 0.3) is 0 Å². The number of allylic oxidation sites excluding steroid dienone is 1. The Bertz CT molecular complexity index is 297. The molecule has 0 aromatic rings. The molecule has 0 bridgehead atoms. The average molecular weight is 280 g/mol. The SMILES string of the molecule is C=CCCCN(C)C(=NCCN(CC)C1CC1)NCC. The van der Waals surface area contributed by atoms with Gasteiger partial charge in [0.05, 0.1) is 6.54 Å². The molecule has 0 aromatic heterocycles. The molecular formula is C16H32N4. The summed E-state index contributed by atoms with van der Waals surface area (Å²) in [6, 6.07) is 0.836. The number of guanidine groups is 1. The fraction of sp³-hybridized carbons (Fsp3) is 0.812. The number of rotatable bonds is 10. The third-order valence-electron chi connectivity index (χ3n) is 3.72. The van der Waals surface area contributed by atoms with Crippen LogP contribution in [-0.4, -0.2) is 61.6 Å². The van der Waals surface area contributed by atoms with Gasteiger partial charge in [-0.25, -0.2) is 0 Å². The molecule has 0 spiro atoms. The predicted octanol–water partition coefficient (Wildman–Crippen LogP) is 2.33. The first kappa shape index (κ1) is 17.0. The van der Waals surface area contributed by atoms with Gasteiger partial charge in [0.15, 0.2) is 5.96 Å². The molecule has 0 aromatic carbocycles. The number of unbranched alkanes of at least 4 members (excludes halogenated alkanes) is 1. The largest absolute Gasteiger partial charge is 0.357 e. The number of aliphatic imine (C=N–C) groups is 1. The van der Waals surface area contributed by atoms with Crippen LogP contribution in [0.5, 0.6) is 0 Å². The standard InChI is InChI=1S/C16H32N4/c1-5-8-9-13-19(4)16(17-6-2)18-12-14-20(7-3)15-10-11-15/h5,15H,1,6-14H2,2-4H3,(H,17,18). The molecule has 116 valence electrons. The van der Waals surface area contributed by atoms with Gasteiger partial charge < -0.3 is 10.2 Å². The first-order valence-corrected chi connectivity index (χ1v) is 8.07. The molecule has 4 nitrogen and oxygen atoms in total. The normalized spacial score (nSPS) is 15.5. The van der Waals surface area contributed by atoms with E-state index in [1.807, 2.05) is 6.08 Å². The maximum Gasteiger partial charge on any atom is 0.193 e. The minimum absolute atomic E-state index is 0.836. The molecule has 0 unspecified atom stereocenters. The van der Waals surface area contributed by atoms with Gasteiger partial charge in [-0.3, -0.25) is 9.89 Å². The van der Waals surface area contributed by atoms with Gasteiger partial charge in [0.1, 0.15) is 0 Å². The topological polar surface area (TPSA) is 30.9 Å². The van der Waals surface area contributed by atoms with Crippen molar-refractivity contribution >= 4 is 5.96 Å². The van der Waals surface area contributed by atoms with E-state index in [2.05, 4.69) is 42.6 Å². The van der Waals surface area contributed by atoms with Crippen LogP contribution >= 0.6 is 0 Å². The monoisotopic (exact) mass is 280 g/mol. The lowest BCUT2D eigenvalue weighted by Gasteiger charge is -2.23. The number of likely N-dealkylation sites (N-methyl/N-ethyl adjacent to an activating group) is 1. The molecule has 0 aliphatic heterocycles. The van der Waals surface area contributed by atoms with Gasteiger partial charge in [-0.15, -0.1) is 6.58 Å². The third kappa shape index (κ3) is 6.42. The zero-order valence-electron chi connectivity index (χ0n) is 13.6. The summed E-state index contributed by atoms with van der Waals surface area (Å²) in [7, 11) is 2.11. The van der Waals surface area contributed by atoms with Crippen molar-refractivity contribution in [1.29, 1.82) is 0 Å². The second-order valence-corrected chi connectivity index (χ2v) is 5.45. The molecule has 0 radical (unpaired) electrons. The van der Waals surface area contributed by atoms with Crippen molar-refractivity contribution < 1.29 is 0 Å². The van der Waals surface area contributed by atoms with Gasteiger partial charge in [-0.1, -0.05) is 13.0 Å². The summed E-state index contributed by atoms with van der Waals surface area (Å²) < 4.78 is 0. The van der Waals surface area contributed by atoms with Crippen LogP contribution in [0.15, 0.2) is 17.6 Å². The van der Waals surface area contributed by atoms with Gasteiger partial charge in [-0.2, -0.15) is 0 Å². The Kier molecular flexibility index (Phi) is 8.35. The summed E-state index contributed by atoms with van der Waals surface area (Å²) in [5.41, 5.74) is 0. The fourth-order valence-corrected chi connectivity index (χ4v) is 2.37. The summed E-state index contributed by atoms with van der Waals surface area (Å²) >= 11 is 0. The number of nitrogens with zero attached hydrogens (tertiary/aromatic N) is 3. The predicted molar refractivity (Wildman–Crippen MR) is 88.3 cm³/mol. The Morgan fingerprint density at radius 1 is 1.35 bits per heavy atom. The molecule has 4 heteroatoms. The van der Waals surface area contributed by atoms with Crippen molar-refractivity contribution in [1.82, 2.24) is 15.1 Å². The van der Waals surface area contributed by atoms with Gasteiger partial charge in [0, 0.05) is 32.7 Å². The lowest BCUT2D eigenvalue weighted by Crippen LogP contribution is -2.40. The number of hydrogen-bond acceptors (Lipinski definition) is 2. The lowest BCUT2D eigenvalue weighted by molar-refractivity contribution is 0.285. The number of nitrogens with one attached hydrogen (secondary N) is 1. The summed E-state index contributed by atoms with van der Waals surface area (Å²) in [6.07, 6.45) is 6.92. The average Bonchev–Trinajstić information content (AvgIpc) is 3.27. The van der Waals surface area contributed by atoms with Crippen LogP contribution in [0.3, 0.4) is 0 Å². The minimum atomic E-state index is 0.836. The smallest absolute Gasteiger partial charge is 0.193 e. The van der Waals surface area contributed by atoms with Crippen molar-refractivity contribution in [2.24, 2.45) is 4.99 Å². The van der Waals surface area contributed by atoms with Crippen molar-refractivity contribution in [3.63, 3.8) is 0 Å². The highest BCUT2D eigenvalue weighted by molar-refractivity contribution is 5.79. The summed E-state index contributed by atoms with van der Waals surface area (Å²) in [4.78, 5) is 9.52. The molecule has 1 fully saturated rings. The fourth-order valence-electron chi connectivity index (χ4n) is 2.37. The molecule has 1 saturated carbocycles. The lowest BCUT2D eigenvalue weighted by atomic mass is 10.3. The third-order valence-corrected chi connectivity index (χ3v) is 3.72. The zero-order valence-corrected chi connectivity index (χ0v) is 13.6. The van der Waals surface area contributed by atoms with E-state index >= 15 is 0 Å². The molecule has 0 saturated heterocycles. The van der Waals surface area contributed by atoms with Gasteiger partial charge in [0.25, 0.3) is 0 Å². The molecule has 0 amide bonds. The van der Waals surface area contributed by atoms with Gasteiger partial charge in [0.2, 0.25) is 0 Å². The Labute approximate surface area is 124 Å². The van der Waals surface area contributed by atoms with Crippen LogP contribution in [0.1, 0.15) is 39.5 Å². The molecule has 0 heterocycles. The van der Waals surface area contributed by atoms with E-state index in [-0.39, 0.29) is 0 Å². The van der Waals surface area contributed by atoms with E-state index in [4.69, 9.17) is 4.99 Å². The van der Waals surface area contributed by atoms with E-state index in [1.165, 1.54) is 12.8 Å². The quantitative estimate of drug-likeness (QED) is 0.288. The molecule has 20 heavy (non-hydrogen) atoms. The maximum absolute atomic E-state index is 4.75. The van der Waals surface area contributed by atoms with Crippen molar-refractivity contribution in [3.8, 4) is 0 Å². The first-order chi connectivity index (χ1) is 9.72. The van der Waals surface area contributed by atoms with E-state index in [0.717, 1.165) is 57.6 Å². The first-order valence-electron chi connectivity index (χ1n) is 8.07. The van der Waals surface area contributed by atoms with Crippen LogP contribution in [0.4, 0.5) is 0 Å². The van der Waals surface area contributed by atoms with Crippen LogP contribution in [0.2, 0.25) is 0 Å². The highest BCUT2D eigenvalue weighted by Gasteiger charge is 2.27. The maximum atomic E-state index is 4.75. The highest BCUT2D eigenvalue weighted by atomic mass is 15.3. The van der Waals surface area contributed by atoms with E-state index in [1.54, 1.807) is 0 Å². The van der Waals surface area contributed by atoms with Crippen LogP contribution in [-0.2, 0) is 0 Å². The molecule has 1 aliphatic carbocycles. The summed E-state index contributed by atoms with van der Waals surface area (Å²) in [6.45, 7) is 13.2. The van der Waals surface area contributed by atoms with Crippen LogP contribution in [0, 0.1) is 0 Å². The van der Waals surface area contributed by atoms with E-state index in [0.29, 0.717) is 0 Å². The second kappa shape index (κ2) is 9.81. The van der Waals surface area contributed by atoms with E-state index in [9.17, 15) is 0 Å². The molecule has 1 rings (SSSR count). The zero-order chi connectivity index (χ0) is 14.8. The Morgan fingerprint density at radius 2 is 2.10 bits per heavy atom. The highest BCUT2D eigenvalue weighted by Crippen LogP contribution is 2.25. The Morgan fingerprint density at radius 3 is 2.65 bits per heavy atom. The van der Waals surface area contributed by atoms with Crippen molar-refractivity contribution in [3.05, 3.63) is 12.7 Å². The van der Waals surface area contributed by atoms with Gasteiger partial charge >= 0.3 is 0 Å². The Balaban J connectivity index is 2.37. The summed E-state index contributed by atoms with van der Waals surface area (Å²) in [5, 5.41) is 3.38. The molecular weight excluding hydrogens is 248 g/mol. The molecule has 1 aliphatic rings. The second-order valence-electron chi connectivity index (χ2n) is 5.45. The van der Waals surface area contributed by atoms with Crippen molar-refractivity contribution in [2.45, 2.75) is 45.6 Å². The Hall–Kier alpha value is -1.03. The number of hydrogen-bond donors (Lipinski definition) is 1. The molecule has 0 atom stereocenters. The van der Waals surface area contributed by atoms with Crippen LogP contribution < -0.4 is 5.32 Å². The van der Waals surface area contributed by atoms with Gasteiger partial charge in [-0.05, 0) is 39.2 Å². The summed E-state index contributed by atoms with van der Waals surface area (Å²) in [5.74, 6) is 1.03. The van der Waals surface area contributed by atoms with Crippen molar-refractivity contribution in [2.75, 3.05) is 39.8 Å². The minimum Gasteiger partial charge on any atom is -0.357 e. The van der Waals surface area contributed by atoms with E-state index < -0.39 is 0 Å².